The first-order valence-electron chi connectivity index (χ1n) is 4.60. The van der Waals surface area contributed by atoms with E-state index in [9.17, 15) is 0 Å². The van der Waals surface area contributed by atoms with Gasteiger partial charge in [-0.2, -0.15) is 0 Å². The van der Waals surface area contributed by atoms with Gasteiger partial charge >= 0.3 is 0 Å². The minimum absolute atomic E-state index is 0.0716. The van der Waals surface area contributed by atoms with Crippen molar-refractivity contribution < 1.29 is 9.84 Å². The van der Waals surface area contributed by atoms with Gasteiger partial charge in [0, 0.05) is 20.2 Å². The summed E-state index contributed by atoms with van der Waals surface area (Å²) in [5.74, 6) is 0. The van der Waals surface area contributed by atoms with Crippen LogP contribution in [0.5, 0.6) is 0 Å². The van der Waals surface area contributed by atoms with E-state index in [-0.39, 0.29) is 18.8 Å². The first kappa shape index (κ1) is 9.57. The second-order valence-electron chi connectivity index (χ2n) is 3.35. The van der Waals surface area contributed by atoms with Crippen LogP contribution in [0, 0.1) is 0 Å². The lowest BCUT2D eigenvalue weighted by Crippen LogP contribution is -2.24. The molecule has 78 valence electrons. The van der Waals surface area contributed by atoms with Crippen LogP contribution in [0.3, 0.4) is 0 Å². The number of hydrogen-bond acceptors (Lipinski definition) is 5. The summed E-state index contributed by atoms with van der Waals surface area (Å²) in [6, 6.07) is 0.174. The second-order valence-corrected chi connectivity index (χ2v) is 3.35. The number of aliphatic hydroxyl groups excluding tert-OH is 1. The maximum atomic E-state index is 8.85. The number of aliphatic hydroxyl groups is 1. The van der Waals surface area contributed by atoms with Crippen molar-refractivity contribution >= 4 is 0 Å². The van der Waals surface area contributed by atoms with Crippen LogP contribution in [0.2, 0.25) is 0 Å². The summed E-state index contributed by atoms with van der Waals surface area (Å²) in [6.45, 7) is 1.58. The highest BCUT2D eigenvalue weighted by Gasteiger charge is 2.29. The van der Waals surface area contributed by atoms with Gasteiger partial charge in [0.05, 0.1) is 24.9 Å². The quantitative estimate of drug-likeness (QED) is 0.647. The van der Waals surface area contributed by atoms with Gasteiger partial charge < -0.3 is 15.2 Å². The summed E-state index contributed by atoms with van der Waals surface area (Å²) in [4.78, 5) is 0. The molecule has 1 aromatic rings. The fourth-order valence-electron chi connectivity index (χ4n) is 1.69. The maximum absolute atomic E-state index is 8.85. The zero-order valence-electron chi connectivity index (χ0n) is 8.05. The molecule has 0 saturated carbocycles. The topological polar surface area (TPSA) is 72.2 Å². The highest BCUT2D eigenvalue weighted by Crippen LogP contribution is 2.17. The third-order valence-electron chi connectivity index (χ3n) is 2.49. The lowest BCUT2D eigenvalue weighted by Gasteiger charge is -2.16. The van der Waals surface area contributed by atoms with Gasteiger partial charge in [0.15, 0.2) is 0 Å². The Bertz CT molecular complexity index is 301. The molecule has 2 unspecified atom stereocenters. The molecule has 0 radical (unpaired) electrons. The van der Waals surface area contributed by atoms with E-state index in [0.29, 0.717) is 5.69 Å². The van der Waals surface area contributed by atoms with E-state index in [1.807, 2.05) is 0 Å². The number of nitrogens with zero attached hydrogens (tertiary/aromatic N) is 3. The predicted molar refractivity (Wildman–Crippen MR) is 48.6 cm³/mol. The van der Waals surface area contributed by atoms with Crippen LogP contribution in [-0.4, -0.2) is 46.4 Å². The zero-order valence-corrected chi connectivity index (χ0v) is 8.05. The molecule has 1 aromatic heterocycles. The highest BCUT2D eigenvalue weighted by atomic mass is 16.5. The number of methoxy groups -OCH3 is 1. The van der Waals surface area contributed by atoms with Gasteiger partial charge in [-0.15, -0.1) is 5.10 Å². The van der Waals surface area contributed by atoms with E-state index in [0.717, 1.165) is 13.1 Å². The van der Waals surface area contributed by atoms with Crippen LogP contribution in [0.15, 0.2) is 6.20 Å². The van der Waals surface area contributed by atoms with Crippen molar-refractivity contribution in [2.45, 2.75) is 18.8 Å². The summed E-state index contributed by atoms with van der Waals surface area (Å²) in [7, 11) is 1.69. The van der Waals surface area contributed by atoms with Crippen LogP contribution in [0.4, 0.5) is 0 Å². The largest absolute Gasteiger partial charge is 0.390 e. The predicted octanol–water partition coefficient (Wildman–Crippen LogP) is -1.07. The molecule has 2 atom stereocenters. The summed E-state index contributed by atoms with van der Waals surface area (Å²) in [5, 5.41) is 19.9. The van der Waals surface area contributed by atoms with Crippen molar-refractivity contribution in [1.82, 2.24) is 20.3 Å². The monoisotopic (exact) mass is 198 g/mol. The second kappa shape index (κ2) is 4.04. The van der Waals surface area contributed by atoms with Crippen molar-refractivity contribution in [3.05, 3.63) is 11.9 Å². The fourth-order valence-corrected chi connectivity index (χ4v) is 1.69. The normalized spacial score (nSPS) is 27.0. The van der Waals surface area contributed by atoms with E-state index in [2.05, 4.69) is 15.6 Å². The Morgan fingerprint density at radius 2 is 2.57 bits per heavy atom. The molecule has 0 bridgehead atoms. The lowest BCUT2D eigenvalue weighted by atomic mass is 10.2. The first-order chi connectivity index (χ1) is 6.85. The molecule has 0 amide bonds. The van der Waals surface area contributed by atoms with Gasteiger partial charge in [-0.25, -0.2) is 4.68 Å². The molecule has 0 aromatic carbocycles. The van der Waals surface area contributed by atoms with E-state index in [4.69, 9.17) is 9.84 Å². The number of nitrogens with one attached hydrogen (secondary N) is 1. The Morgan fingerprint density at radius 1 is 1.71 bits per heavy atom. The van der Waals surface area contributed by atoms with Crippen LogP contribution >= 0.6 is 0 Å². The van der Waals surface area contributed by atoms with Crippen LogP contribution in [0.1, 0.15) is 11.7 Å². The third kappa shape index (κ3) is 1.63. The SMILES string of the molecule is COC1CNCC1n1cc(CO)nn1. The summed E-state index contributed by atoms with van der Waals surface area (Å²) >= 11 is 0. The Hall–Kier alpha value is -0.980. The van der Waals surface area contributed by atoms with Crippen LogP contribution in [-0.2, 0) is 11.3 Å². The molecule has 14 heavy (non-hydrogen) atoms. The van der Waals surface area contributed by atoms with Crippen molar-refractivity contribution in [3.63, 3.8) is 0 Å². The fraction of sp³-hybridized carbons (Fsp3) is 0.750. The summed E-state index contributed by atoms with van der Waals surface area (Å²) in [6.07, 6.45) is 1.88. The van der Waals surface area contributed by atoms with Gasteiger partial charge in [-0.3, -0.25) is 0 Å². The maximum Gasteiger partial charge on any atom is 0.108 e. The average Bonchev–Trinajstić information content (AvgIpc) is 2.85. The number of hydrogen-bond donors (Lipinski definition) is 2. The minimum atomic E-state index is -0.0716. The Labute approximate surface area is 81.9 Å². The molecule has 1 aliphatic rings. The van der Waals surface area contributed by atoms with Gasteiger partial charge in [0.25, 0.3) is 0 Å². The summed E-state index contributed by atoms with van der Waals surface area (Å²) < 4.78 is 7.06. The molecule has 0 spiro atoms. The third-order valence-corrected chi connectivity index (χ3v) is 2.49. The Kier molecular flexibility index (Phi) is 2.76. The molecule has 6 nitrogen and oxygen atoms in total. The van der Waals surface area contributed by atoms with Crippen molar-refractivity contribution in [2.24, 2.45) is 0 Å². The molecule has 2 rings (SSSR count). The molecule has 1 saturated heterocycles. The molecular formula is C8H14N4O2. The van der Waals surface area contributed by atoms with E-state index < -0.39 is 0 Å². The molecule has 0 aliphatic carbocycles. The molecule has 1 fully saturated rings. The van der Waals surface area contributed by atoms with Gasteiger partial charge in [-0.1, -0.05) is 5.21 Å². The lowest BCUT2D eigenvalue weighted by molar-refractivity contribution is 0.0819. The first-order valence-corrected chi connectivity index (χ1v) is 4.60. The van der Waals surface area contributed by atoms with E-state index in [1.165, 1.54) is 0 Å². The Balaban J connectivity index is 2.13. The molecule has 1 aliphatic heterocycles. The van der Waals surface area contributed by atoms with Gasteiger partial charge in [-0.05, 0) is 0 Å². The standard InChI is InChI=1S/C8H14N4O2/c1-14-8-3-9-2-7(8)12-4-6(5-13)10-11-12/h4,7-9,13H,2-3,5H2,1H3. The van der Waals surface area contributed by atoms with Crippen LogP contribution in [0.25, 0.3) is 0 Å². The van der Waals surface area contributed by atoms with Crippen molar-refractivity contribution in [2.75, 3.05) is 20.2 Å². The zero-order chi connectivity index (χ0) is 9.97. The molecule has 2 N–H and O–H groups in total. The number of aromatic nitrogens is 3. The van der Waals surface area contributed by atoms with E-state index in [1.54, 1.807) is 18.0 Å². The van der Waals surface area contributed by atoms with Gasteiger partial charge in [0.2, 0.25) is 0 Å². The smallest absolute Gasteiger partial charge is 0.108 e. The Morgan fingerprint density at radius 3 is 3.21 bits per heavy atom. The highest BCUT2D eigenvalue weighted by molar-refractivity contribution is 4.94. The van der Waals surface area contributed by atoms with Crippen molar-refractivity contribution in [3.8, 4) is 0 Å². The van der Waals surface area contributed by atoms with Crippen LogP contribution < -0.4 is 5.32 Å². The van der Waals surface area contributed by atoms with E-state index >= 15 is 0 Å². The molecule has 6 heteroatoms. The molecule has 2 heterocycles. The van der Waals surface area contributed by atoms with Gasteiger partial charge in [0.1, 0.15) is 5.69 Å². The number of ether oxygens (including phenoxy) is 1. The minimum Gasteiger partial charge on any atom is -0.390 e. The average molecular weight is 198 g/mol. The molecular weight excluding hydrogens is 184 g/mol. The summed E-state index contributed by atoms with van der Waals surface area (Å²) in [5.41, 5.74) is 0.590. The number of rotatable bonds is 3. The van der Waals surface area contributed by atoms with Crippen molar-refractivity contribution in [1.29, 1.82) is 0 Å².